The van der Waals surface area contributed by atoms with Gasteiger partial charge in [-0.15, -0.1) is 4.91 Å². The molecule has 0 saturated heterocycles. The zero-order valence-corrected chi connectivity index (χ0v) is 14.0. The van der Waals surface area contributed by atoms with E-state index < -0.39 is 9.84 Å². The van der Waals surface area contributed by atoms with E-state index in [0.29, 0.717) is 12.4 Å². The van der Waals surface area contributed by atoms with Gasteiger partial charge in [-0.1, -0.05) is 30.3 Å². The van der Waals surface area contributed by atoms with Gasteiger partial charge in [-0.2, -0.15) is 0 Å². The summed E-state index contributed by atoms with van der Waals surface area (Å²) in [6.45, 7) is 0.410. The van der Waals surface area contributed by atoms with Crippen molar-refractivity contribution in [3.8, 4) is 5.75 Å². The van der Waals surface area contributed by atoms with Crippen molar-refractivity contribution >= 4 is 15.5 Å². The molecule has 3 aromatic carbocycles. The Morgan fingerprint density at radius 2 is 1.32 bits per heavy atom. The summed E-state index contributed by atoms with van der Waals surface area (Å²) in [5.74, 6) is 0.586. The molecule has 5 nitrogen and oxygen atoms in total. The fraction of sp³-hybridized carbons (Fsp3) is 0.0526. The summed E-state index contributed by atoms with van der Waals surface area (Å²) in [5.41, 5.74) is 1.21. The fourth-order valence-corrected chi connectivity index (χ4v) is 3.54. The predicted molar refractivity (Wildman–Crippen MR) is 94.6 cm³/mol. The molecule has 0 fully saturated rings. The number of hydrogen-bond acceptors (Lipinski definition) is 5. The molecule has 0 aliphatic carbocycles. The standard InChI is InChI=1S/C19H15NO4S/c21-20-16-6-10-18(11-7-16)25(22,23)19-12-8-17(9-13-19)24-14-15-4-2-1-3-5-15/h1-13H,14H2. The van der Waals surface area contributed by atoms with Gasteiger partial charge in [0.25, 0.3) is 0 Å². The Labute approximate surface area is 145 Å². The maximum absolute atomic E-state index is 12.6. The van der Waals surface area contributed by atoms with Crippen molar-refractivity contribution in [1.82, 2.24) is 0 Å². The highest BCUT2D eigenvalue weighted by Gasteiger charge is 2.17. The SMILES string of the molecule is O=Nc1ccc(S(=O)(=O)c2ccc(OCc3ccccc3)cc2)cc1. The summed E-state index contributed by atoms with van der Waals surface area (Å²) < 4.78 is 30.8. The van der Waals surface area contributed by atoms with Gasteiger partial charge < -0.3 is 4.74 Å². The third-order valence-electron chi connectivity index (χ3n) is 3.63. The molecule has 0 saturated carbocycles. The van der Waals surface area contributed by atoms with Crippen molar-refractivity contribution in [3.63, 3.8) is 0 Å². The molecule has 0 N–H and O–H groups in total. The Kier molecular flexibility index (Phi) is 4.90. The number of sulfone groups is 1. The molecule has 0 spiro atoms. The third kappa shape index (κ3) is 3.92. The molecule has 25 heavy (non-hydrogen) atoms. The van der Waals surface area contributed by atoms with Crippen LogP contribution in [0.5, 0.6) is 5.75 Å². The van der Waals surface area contributed by atoms with Crippen LogP contribution in [-0.2, 0) is 16.4 Å². The molecule has 0 bridgehead atoms. The van der Waals surface area contributed by atoms with E-state index in [1.807, 2.05) is 30.3 Å². The van der Waals surface area contributed by atoms with Crippen LogP contribution < -0.4 is 4.74 Å². The van der Waals surface area contributed by atoms with Crippen LogP contribution in [0.4, 0.5) is 5.69 Å². The van der Waals surface area contributed by atoms with Crippen LogP contribution in [0.1, 0.15) is 5.56 Å². The molecule has 3 rings (SSSR count). The van der Waals surface area contributed by atoms with E-state index in [9.17, 15) is 13.3 Å². The molecule has 3 aromatic rings. The first-order valence-electron chi connectivity index (χ1n) is 7.55. The lowest BCUT2D eigenvalue weighted by Gasteiger charge is -2.08. The number of nitrogens with zero attached hydrogens (tertiary/aromatic N) is 1. The first-order valence-corrected chi connectivity index (χ1v) is 9.03. The lowest BCUT2D eigenvalue weighted by atomic mass is 10.2. The number of rotatable bonds is 6. The van der Waals surface area contributed by atoms with Crippen molar-refractivity contribution in [2.45, 2.75) is 16.4 Å². The minimum absolute atomic E-state index is 0.109. The van der Waals surface area contributed by atoms with E-state index in [2.05, 4.69) is 5.18 Å². The van der Waals surface area contributed by atoms with Gasteiger partial charge in [0.2, 0.25) is 9.84 Å². The average molecular weight is 353 g/mol. The number of ether oxygens (including phenoxy) is 1. The Balaban J connectivity index is 1.75. The smallest absolute Gasteiger partial charge is 0.206 e. The van der Waals surface area contributed by atoms with Crippen LogP contribution in [0.2, 0.25) is 0 Å². The topological polar surface area (TPSA) is 72.8 Å². The molecule has 6 heteroatoms. The monoisotopic (exact) mass is 353 g/mol. The molecular weight excluding hydrogens is 338 g/mol. The quantitative estimate of drug-likeness (QED) is 0.612. The fourth-order valence-electron chi connectivity index (χ4n) is 2.28. The normalized spacial score (nSPS) is 11.0. The number of benzene rings is 3. The second-order valence-corrected chi connectivity index (χ2v) is 7.28. The highest BCUT2D eigenvalue weighted by Crippen LogP contribution is 2.25. The summed E-state index contributed by atoms with van der Waals surface area (Å²) in [6.07, 6.45) is 0. The van der Waals surface area contributed by atoms with Crippen molar-refractivity contribution in [2.75, 3.05) is 0 Å². The molecule has 0 amide bonds. The highest BCUT2D eigenvalue weighted by molar-refractivity contribution is 7.91. The summed E-state index contributed by atoms with van der Waals surface area (Å²) in [4.78, 5) is 10.7. The van der Waals surface area contributed by atoms with E-state index in [-0.39, 0.29) is 15.5 Å². The summed E-state index contributed by atoms with van der Waals surface area (Å²) in [7, 11) is -3.65. The Hall–Kier alpha value is -2.99. The molecule has 0 aliphatic rings. The minimum Gasteiger partial charge on any atom is -0.489 e. The van der Waals surface area contributed by atoms with Crippen LogP contribution in [0.25, 0.3) is 0 Å². The largest absolute Gasteiger partial charge is 0.489 e. The molecule has 0 radical (unpaired) electrons. The lowest BCUT2D eigenvalue weighted by Crippen LogP contribution is -2.02. The number of hydrogen-bond donors (Lipinski definition) is 0. The van der Waals surface area contributed by atoms with Gasteiger partial charge in [0.15, 0.2) is 0 Å². The van der Waals surface area contributed by atoms with Crippen LogP contribution in [0.15, 0.2) is 93.8 Å². The molecular formula is C19H15NO4S. The molecule has 0 atom stereocenters. The molecule has 126 valence electrons. The van der Waals surface area contributed by atoms with Gasteiger partial charge in [0.05, 0.1) is 9.79 Å². The van der Waals surface area contributed by atoms with E-state index in [4.69, 9.17) is 4.74 Å². The molecule has 0 heterocycles. The van der Waals surface area contributed by atoms with Crippen molar-refractivity contribution in [2.24, 2.45) is 5.18 Å². The van der Waals surface area contributed by atoms with Gasteiger partial charge in [-0.25, -0.2) is 8.42 Å². The Morgan fingerprint density at radius 3 is 1.88 bits per heavy atom. The lowest BCUT2D eigenvalue weighted by molar-refractivity contribution is 0.306. The second kappa shape index (κ2) is 7.27. The van der Waals surface area contributed by atoms with Crippen molar-refractivity contribution in [1.29, 1.82) is 0 Å². The summed E-state index contributed by atoms with van der Waals surface area (Å²) in [5, 5.41) is 2.76. The number of nitroso groups, excluding NO2 is 1. The second-order valence-electron chi connectivity index (χ2n) is 5.33. The first kappa shape index (κ1) is 16.9. The van der Waals surface area contributed by atoms with E-state index in [1.54, 1.807) is 12.1 Å². The minimum atomic E-state index is -3.65. The molecule has 0 unspecified atom stereocenters. The van der Waals surface area contributed by atoms with Crippen molar-refractivity contribution < 1.29 is 13.2 Å². The Bertz CT molecular complexity index is 951. The predicted octanol–water partition coefficient (Wildman–Crippen LogP) is 4.50. The maximum Gasteiger partial charge on any atom is 0.206 e. The van der Waals surface area contributed by atoms with Crippen molar-refractivity contribution in [3.05, 3.63) is 89.3 Å². The zero-order chi connectivity index (χ0) is 17.7. The summed E-state index contributed by atoms with van der Waals surface area (Å²) in [6, 6.07) is 21.4. The average Bonchev–Trinajstić information content (AvgIpc) is 2.67. The van der Waals surface area contributed by atoms with Gasteiger partial charge in [-0.3, -0.25) is 0 Å². The Morgan fingerprint density at radius 1 is 0.760 bits per heavy atom. The van der Waals surface area contributed by atoms with Crippen LogP contribution in [0, 0.1) is 4.91 Å². The molecule has 0 aliphatic heterocycles. The molecule has 0 aromatic heterocycles. The zero-order valence-electron chi connectivity index (χ0n) is 13.2. The van der Waals surface area contributed by atoms with Crippen LogP contribution in [0.3, 0.4) is 0 Å². The summed E-state index contributed by atoms with van der Waals surface area (Å²) >= 11 is 0. The van der Waals surface area contributed by atoms with E-state index in [1.165, 1.54) is 36.4 Å². The highest BCUT2D eigenvalue weighted by atomic mass is 32.2. The van der Waals surface area contributed by atoms with Gasteiger partial charge in [-0.05, 0) is 59.3 Å². The van der Waals surface area contributed by atoms with Gasteiger partial charge >= 0.3 is 0 Å². The van der Waals surface area contributed by atoms with Crippen LogP contribution in [-0.4, -0.2) is 8.42 Å². The van der Waals surface area contributed by atoms with Gasteiger partial charge in [0, 0.05) is 0 Å². The van der Waals surface area contributed by atoms with Gasteiger partial charge in [0.1, 0.15) is 18.0 Å². The first-order chi connectivity index (χ1) is 12.1. The van der Waals surface area contributed by atoms with E-state index in [0.717, 1.165) is 5.56 Å². The maximum atomic E-state index is 12.6. The third-order valence-corrected chi connectivity index (χ3v) is 5.42. The van der Waals surface area contributed by atoms with Crippen LogP contribution >= 0.6 is 0 Å². The van der Waals surface area contributed by atoms with E-state index >= 15 is 0 Å².